The third-order valence-corrected chi connectivity index (χ3v) is 7.53. The quantitative estimate of drug-likeness (QED) is 0.283. The summed E-state index contributed by atoms with van der Waals surface area (Å²) < 4.78 is 0. The van der Waals surface area contributed by atoms with E-state index in [2.05, 4.69) is 72.9 Å². The van der Waals surface area contributed by atoms with Gasteiger partial charge in [0.2, 0.25) is 5.82 Å². The molecule has 0 spiro atoms. The third kappa shape index (κ3) is 6.21. The number of carbonyl (C=O) groups excluding carboxylic acids is 1. The van der Waals surface area contributed by atoms with Crippen molar-refractivity contribution in [3.05, 3.63) is 90.0 Å². The van der Waals surface area contributed by atoms with E-state index in [4.69, 9.17) is 12.2 Å². The number of amides is 1. The molecule has 0 radical (unpaired) electrons. The molecule has 0 unspecified atom stereocenters. The van der Waals surface area contributed by atoms with E-state index in [1.165, 1.54) is 5.56 Å². The van der Waals surface area contributed by atoms with Gasteiger partial charge in [0.25, 0.3) is 5.91 Å². The lowest BCUT2D eigenvalue weighted by atomic mass is 9.98. The van der Waals surface area contributed by atoms with Gasteiger partial charge in [-0.3, -0.25) is 9.69 Å². The molecule has 0 saturated carbocycles. The molecule has 1 N–H and O–H groups in total. The zero-order valence-electron chi connectivity index (χ0n) is 22.3. The minimum absolute atomic E-state index is 0.111. The standard InChI is InChI=1S/C30H33N7OS/c1-35(2)19-8-20-36-29(38)27(18-15-22-9-4-3-5-10-22)37(30(36)39)21-23-13-16-24(17-14-23)25-11-6-7-12-26(25)28-31-33-34-32-28/h3-7,9-14,16-17,27H,8,15,18-21H2,1-2H3,(H,31,32,33,34)/t27-/m0/s1. The summed E-state index contributed by atoms with van der Waals surface area (Å²) in [5.74, 6) is 0.673. The molecule has 3 aromatic carbocycles. The molecular weight excluding hydrogens is 506 g/mol. The topological polar surface area (TPSA) is 81.2 Å². The average Bonchev–Trinajstić information content (AvgIpc) is 3.57. The Balaban J connectivity index is 1.35. The Bertz CT molecular complexity index is 1390. The van der Waals surface area contributed by atoms with E-state index in [1.54, 1.807) is 0 Å². The highest BCUT2D eigenvalue weighted by Gasteiger charge is 2.41. The van der Waals surface area contributed by atoms with Crippen LogP contribution in [0.5, 0.6) is 0 Å². The maximum absolute atomic E-state index is 13.6. The normalized spacial score (nSPS) is 15.5. The van der Waals surface area contributed by atoms with E-state index < -0.39 is 0 Å². The van der Waals surface area contributed by atoms with E-state index in [1.807, 2.05) is 55.4 Å². The maximum Gasteiger partial charge on any atom is 0.251 e. The number of aromatic nitrogens is 4. The van der Waals surface area contributed by atoms with Gasteiger partial charge in [0.05, 0.1) is 0 Å². The number of benzene rings is 3. The molecule has 5 rings (SSSR count). The lowest BCUT2D eigenvalue weighted by molar-refractivity contribution is -0.128. The van der Waals surface area contributed by atoms with E-state index in [9.17, 15) is 4.79 Å². The van der Waals surface area contributed by atoms with Crippen LogP contribution in [0.3, 0.4) is 0 Å². The molecule has 0 aliphatic carbocycles. The third-order valence-electron chi connectivity index (χ3n) is 7.07. The molecule has 1 amide bonds. The van der Waals surface area contributed by atoms with Crippen LogP contribution >= 0.6 is 12.2 Å². The molecule has 39 heavy (non-hydrogen) atoms. The molecule has 1 atom stereocenters. The lowest BCUT2D eigenvalue weighted by Crippen LogP contribution is -2.35. The Morgan fingerprint density at radius 1 is 0.923 bits per heavy atom. The highest BCUT2D eigenvalue weighted by atomic mass is 32.1. The number of tetrazole rings is 1. The molecule has 9 heteroatoms. The van der Waals surface area contributed by atoms with Gasteiger partial charge < -0.3 is 9.80 Å². The van der Waals surface area contributed by atoms with Crippen LogP contribution < -0.4 is 0 Å². The van der Waals surface area contributed by atoms with Crippen molar-refractivity contribution in [2.75, 3.05) is 27.2 Å². The number of aromatic amines is 1. The number of H-pyrrole nitrogens is 1. The van der Waals surface area contributed by atoms with Gasteiger partial charge in [-0.25, -0.2) is 0 Å². The van der Waals surface area contributed by atoms with Crippen molar-refractivity contribution in [3.8, 4) is 22.5 Å². The van der Waals surface area contributed by atoms with Crippen molar-refractivity contribution in [2.24, 2.45) is 0 Å². The molecule has 200 valence electrons. The first-order valence-electron chi connectivity index (χ1n) is 13.2. The van der Waals surface area contributed by atoms with Crippen molar-refractivity contribution in [1.29, 1.82) is 0 Å². The van der Waals surface area contributed by atoms with Crippen molar-refractivity contribution in [1.82, 2.24) is 35.3 Å². The largest absolute Gasteiger partial charge is 0.332 e. The number of rotatable bonds is 11. The fourth-order valence-corrected chi connectivity index (χ4v) is 5.42. The van der Waals surface area contributed by atoms with Crippen LogP contribution in [0.2, 0.25) is 0 Å². The molecule has 1 saturated heterocycles. The van der Waals surface area contributed by atoms with Crippen LogP contribution in [-0.2, 0) is 17.8 Å². The van der Waals surface area contributed by atoms with Crippen LogP contribution in [0, 0.1) is 0 Å². The van der Waals surface area contributed by atoms with Gasteiger partial charge in [-0.05, 0) is 79.6 Å². The van der Waals surface area contributed by atoms with Gasteiger partial charge in [0.1, 0.15) is 6.04 Å². The molecule has 1 fully saturated rings. The molecule has 1 aromatic heterocycles. The summed E-state index contributed by atoms with van der Waals surface area (Å²) in [4.78, 5) is 19.6. The van der Waals surface area contributed by atoms with Gasteiger partial charge in [-0.1, -0.05) is 78.9 Å². The highest BCUT2D eigenvalue weighted by Crippen LogP contribution is 2.31. The van der Waals surface area contributed by atoms with Crippen molar-refractivity contribution in [3.63, 3.8) is 0 Å². The minimum atomic E-state index is -0.268. The first-order chi connectivity index (χ1) is 19.0. The first-order valence-corrected chi connectivity index (χ1v) is 13.6. The second kappa shape index (κ2) is 12.3. The Morgan fingerprint density at radius 2 is 1.64 bits per heavy atom. The Labute approximate surface area is 234 Å². The van der Waals surface area contributed by atoms with E-state index >= 15 is 0 Å². The van der Waals surface area contributed by atoms with Crippen LogP contribution in [-0.4, -0.2) is 79.6 Å². The van der Waals surface area contributed by atoms with Gasteiger partial charge in [0.15, 0.2) is 5.11 Å². The number of aryl methyl sites for hydroxylation is 1. The maximum atomic E-state index is 13.6. The van der Waals surface area contributed by atoms with Crippen LogP contribution in [0.4, 0.5) is 0 Å². The zero-order valence-corrected chi connectivity index (χ0v) is 23.1. The van der Waals surface area contributed by atoms with Gasteiger partial charge in [-0.15, -0.1) is 10.2 Å². The van der Waals surface area contributed by atoms with Gasteiger partial charge in [0, 0.05) is 18.7 Å². The minimum Gasteiger partial charge on any atom is -0.332 e. The van der Waals surface area contributed by atoms with Crippen LogP contribution in [0.15, 0.2) is 78.9 Å². The summed E-state index contributed by atoms with van der Waals surface area (Å²) >= 11 is 5.88. The lowest BCUT2D eigenvalue weighted by Gasteiger charge is -2.24. The summed E-state index contributed by atoms with van der Waals surface area (Å²) in [5, 5.41) is 15.2. The highest BCUT2D eigenvalue weighted by molar-refractivity contribution is 7.80. The first kappa shape index (κ1) is 26.6. The van der Waals surface area contributed by atoms with Gasteiger partial charge >= 0.3 is 0 Å². The molecule has 8 nitrogen and oxygen atoms in total. The fraction of sp³-hybridized carbons (Fsp3) is 0.300. The molecular formula is C30H33N7OS. The summed E-state index contributed by atoms with van der Waals surface area (Å²) in [6, 6.07) is 26.5. The molecule has 1 aliphatic rings. The molecule has 4 aromatic rings. The van der Waals surface area contributed by atoms with Crippen molar-refractivity contribution in [2.45, 2.75) is 31.8 Å². The van der Waals surface area contributed by atoms with E-state index in [-0.39, 0.29) is 11.9 Å². The average molecular weight is 540 g/mol. The number of carbonyl (C=O) groups is 1. The van der Waals surface area contributed by atoms with Crippen LogP contribution in [0.25, 0.3) is 22.5 Å². The summed E-state index contributed by atoms with van der Waals surface area (Å²) in [5.41, 5.74) is 5.34. The van der Waals surface area contributed by atoms with Crippen molar-refractivity contribution >= 4 is 23.2 Å². The number of nitrogens with zero attached hydrogens (tertiary/aromatic N) is 6. The summed E-state index contributed by atoms with van der Waals surface area (Å²) in [6.45, 7) is 2.13. The fourth-order valence-electron chi connectivity index (χ4n) is 5.04. The number of hydrogen-bond donors (Lipinski definition) is 1. The van der Waals surface area contributed by atoms with Gasteiger partial charge in [-0.2, -0.15) is 5.21 Å². The number of hydrogen-bond acceptors (Lipinski definition) is 6. The predicted octanol–water partition coefficient (Wildman–Crippen LogP) is 4.42. The second-order valence-corrected chi connectivity index (χ2v) is 10.4. The summed E-state index contributed by atoms with van der Waals surface area (Å²) in [6.07, 6.45) is 2.43. The zero-order chi connectivity index (χ0) is 27.2. The SMILES string of the molecule is CN(C)CCCN1C(=O)[C@H](CCc2ccccc2)N(Cc2ccc(-c3ccccc3-c3nn[nH]n3)cc2)C1=S. The molecule has 0 bridgehead atoms. The number of nitrogens with one attached hydrogen (secondary N) is 1. The van der Waals surface area contributed by atoms with E-state index in [0.29, 0.717) is 24.0 Å². The Hall–Kier alpha value is -3.95. The molecule has 2 heterocycles. The Kier molecular flexibility index (Phi) is 8.39. The number of thiocarbonyl (C=S) groups is 1. The summed E-state index contributed by atoms with van der Waals surface area (Å²) in [7, 11) is 4.09. The second-order valence-electron chi connectivity index (χ2n) is 10.1. The van der Waals surface area contributed by atoms with E-state index in [0.717, 1.165) is 48.1 Å². The Morgan fingerprint density at radius 3 is 2.33 bits per heavy atom. The molecule has 1 aliphatic heterocycles. The predicted molar refractivity (Wildman–Crippen MR) is 157 cm³/mol. The van der Waals surface area contributed by atoms with Crippen molar-refractivity contribution < 1.29 is 4.79 Å². The smallest absolute Gasteiger partial charge is 0.251 e. The monoisotopic (exact) mass is 539 g/mol. The van der Waals surface area contributed by atoms with Crippen LogP contribution in [0.1, 0.15) is 24.0 Å².